The number of aliphatic hydroxyl groups excluding tert-OH is 1. The molecule has 1 saturated carbocycles. The molecule has 9 nitrogen and oxygen atoms in total. The van der Waals surface area contributed by atoms with Crippen molar-refractivity contribution < 1.29 is 28.5 Å². The van der Waals surface area contributed by atoms with Crippen LogP contribution in [0.2, 0.25) is 0 Å². The van der Waals surface area contributed by atoms with Crippen LogP contribution < -0.4 is 19.5 Å². The first-order valence-electron chi connectivity index (χ1n) is 13.3. The Morgan fingerprint density at radius 2 is 2.03 bits per heavy atom. The summed E-state index contributed by atoms with van der Waals surface area (Å²) in [6, 6.07) is 11.0. The summed E-state index contributed by atoms with van der Waals surface area (Å²) in [6.07, 6.45) is 4.65. The van der Waals surface area contributed by atoms with E-state index < -0.39 is 0 Å². The fourth-order valence-electron chi connectivity index (χ4n) is 5.63. The summed E-state index contributed by atoms with van der Waals surface area (Å²) in [7, 11) is 3.21. The van der Waals surface area contributed by atoms with Gasteiger partial charge in [-0.15, -0.1) is 0 Å². The zero-order valence-electron chi connectivity index (χ0n) is 22.5. The molecule has 2 aromatic carbocycles. The molecule has 2 N–H and O–H groups in total. The van der Waals surface area contributed by atoms with Gasteiger partial charge in [0.25, 0.3) is 5.91 Å². The quantitative estimate of drug-likeness (QED) is 0.300. The number of hydrogen-bond donors (Lipinski definition) is 2. The van der Waals surface area contributed by atoms with Crippen LogP contribution in [-0.2, 0) is 0 Å². The van der Waals surface area contributed by atoms with Crippen molar-refractivity contribution in [3.05, 3.63) is 53.9 Å². The van der Waals surface area contributed by atoms with Gasteiger partial charge in [0.2, 0.25) is 0 Å². The Balaban J connectivity index is 1.17. The third-order valence-corrected chi connectivity index (χ3v) is 7.95. The number of carbonyl (C=O) groups is 1. The molecule has 2 aromatic heterocycles. The molecule has 0 radical (unpaired) electrons. The van der Waals surface area contributed by atoms with E-state index in [1.54, 1.807) is 39.4 Å². The number of benzene rings is 2. The molecule has 9 heteroatoms. The van der Waals surface area contributed by atoms with Crippen molar-refractivity contribution in [2.24, 2.45) is 5.41 Å². The van der Waals surface area contributed by atoms with Crippen LogP contribution in [0, 0.1) is 12.3 Å². The van der Waals surface area contributed by atoms with Gasteiger partial charge >= 0.3 is 0 Å². The van der Waals surface area contributed by atoms with Gasteiger partial charge in [0.15, 0.2) is 11.5 Å². The lowest BCUT2D eigenvalue weighted by atomic mass is 10.0. The molecule has 1 saturated heterocycles. The van der Waals surface area contributed by atoms with E-state index in [9.17, 15) is 9.90 Å². The zero-order valence-corrected chi connectivity index (χ0v) is 22.5. The smallest absolute Gasteiger partial charge is 0.255 e. The van der Waals surface area contributed by atoms with Gasteiger partial charge in [0, 0.05) is 61.2 Å². The number of methoxy groups -OCH3 is 1. The number of ether oxygens (including phenoxy) is 3. The Morgan fingerprint density at radius 3 is 2.77 bits per heavy atom. The van der Waals surface area contributed by atoms with E-state index in [0.29, 0.717) is 46.5 Å². The maximum atomic E-state index is 12.3. The average molecular weight is 532 g/mol. The third kappa shape index (κ3) is 4.77. The monoisotopic (exact) mass is 531 g/mol. The van der Waals surface area contributed by atoms with Crippen LogP contribution in [0.25, 0.3) is 21.9 Å². The number of amides is 1. The third-order valence-electron chi connectivity index (χ3n) is 7.95. The van der Waals surface area contributed by atoms with Crippen LogP contribution in [-0.4, -0.2) is 67.4 Å². The molecule has 1 aliphatic heterocycles. The second-order valence-electron chi connectivity index (χ2n) is 10.5. The highest BCUT2D eigenvalue weighted by Crippen LogP contribution is 2.52. The molecule has 204 valence electrons. The first-order chi connectivity index (χ1) is 18.9. The Labute approximate surface area is 226 Å². The number of nitrogens with zero attached hydrogens (tertiary/aromatic N) is 2. The summed E-state index contributed by atoms with van der Waals surface area (Å²) < 4.78 is 23.8. The number of nitrogens with one attached hydrogen (secondary N) is 1. The minimum Gasteiger partial charge on any atom is -0.493 e. The maximum Gasteiger partial charge on any atom is 0.255 e. The predicted molar refractivity (Wildman–Crippen MR) is 147 cm³/mol. The van der Waals surface area contributed by atoms with Gasteiger partial charge in [0.1, 0.15) is 22.8 Å². The lowest BCUT2D eigenvalue weighted by Gasteiger charge is -2.17. The fraction of sp³-hybridized carbons (Fsp3) is 0.400. The number of pyridine rings is 1. The molecule has 2 aliphatic rings. The predicted octanol–water partition coefficient (Wildman–Crippen LogP) is 4.68. The minimum absolute atomic E-state index is 0.172. The number of carbonyl (C=O) groups excluding carboxylic acids is 1. The number of aryl methyl sites for hydroxylation is 1. The Hall–Kier alpha value is -3.82. The van der Waals surface area contributed by atoms with Crippen molar-refractivity contribution in [1.82, 2.24) is 15.2 Å². The summed E-state index contributed by atoms with van der Waals surface area (Å²) in [4.78, 5) is 19.1. The topological polar surface area (TPSA) is 106 Å². The minimum atomic E-state index is -0.188. The Kier molecular flexibility index (Phi) is 6.56. The molecule has 1 spiro atoms. The number of β-amino-alcohol motifs (C(OH)–C–C–N with tert-alkyl or cyclic N) is 1. The van der Waals surface area contributed by atoms with E-state index in [-0.39, 0.29) is 17.4 Å². The van der Waals surface area contributed by atoms with Crippen LogP contribution >= 0.6 is 0 Å². The van der Waals surface area contributed by atoms with Gasteiger partial charge in [-0.3, -0.25) is 14.7 Å². The number of hydrogen-bond acceptors (Lipinski definition) is 8. The number of aliphatic hydroxyl groups is 1. The summed E-state index contributed by atoms with van der Waals surface area (Å²) in [6.45, 7) is 4.95. The molecule has 39 heavy (non-hydrogen) atoms. The van der Waals surface area contributed by atoms with Gasteiger partial charge in [0.05, 0.1) is 30.9 Å². The molecule has 2 fully saturated rings. The van der Waals surface area contributed by atoms with E-state index in [4.69, 9.17) is 18.6 Å². The van der Waals surface area contributed by atoms with E-state index in [0.717, 1.165) is 55.2 Å². The molecule has 1 atom stereocenters. The second kappa shape index (κ2) is 10.1. The van der Waals surface area contributed by atoms with Crippen LogP contribution in [0.15, 0.2) is 47.0 Å². The van der Waals surface area contributed by atoms with Crippen LogP contribution in [0.3, 0.4) is 0 Å². The lowest BCUT2D eigenvalue weighted by molar-refractivity contribution is 0.0963. The molecular formula is C30H33N3O6. The van der Waals surface area contributed by atoms with Gasteiger partial charge in [-0.2, -0.15) is 0 Å². The largest absolute Gasteiger partial charge is 0.493 e. The lowest BCUT2D eigenvalue weighted by Crippen LogP contribution is -2.24. The van der Waals surface area contributed by atoms with E-state index >= 15 is 0 Å². The van der Waals surface area contributed by atoms with Crippen molar-refractivity contribution in [2.75, 3.05) is 40.4 Å². The highest BCUT2D eigenvalue weighted by Gasteiger charge is 2.54. The average Bonchev–Trinajstić information content (AvgIpc) is 3.55. The van der Waals surface area contributed by atoms with E-state index in [1.807, 2.05) is 24.3 Å². The molecule has 1 unspecified atom stereocenters. The SMILES string of the molecule is CNC(=O)c1c(C)oc2cc(Oc3ccnc4cc(OCCCN5CC(O)C6(CC6)C5)c(OC)cc34)ccc12. The molecule has 4 aromatic rings. The van der Waals surface area contributed by atoms with E-state index in [2.05, 4.69) is 15.2 Å². The fourth-order valence-corrected chi connectivity index (χ4v) is 5.63. The van der Waals surface area contributed by atoms with Crippen LogP contribution in [0.4, 0.5) is 0 Å². The maximum absolute atomic E-state index is 12.3. The molecule has 1 amide bonds. The van der Waals surface area contributed by atoms with Crippen molar-refractivity contribution in [2.45, 2.75) is 32.3 Å². The summed E-state index contributed by atoms with van der Waals surface area (Å²) in [5.41, 5.74) is 1.99. The summed E-state index contributed by atoms with van der Waals surface area (Å²) >= 11 is 0. The van der Waals surface area contributed by atoms with E-state index in [1.165, 1.54) is 0 Å². The second-order valence-corrected chi connectivity index (χ2v) is 10.5. The normalized spacial score (nSPS) is 18.1. The summed E-state index contributed by atoms with van der Waals surface area (Å²) in [5, 5.41) is 14.4. The van der Waals surface area contributed by atoms with Gasteiger partial charge < -0.3 is 29.1 Å². The van der Waals surface area contributed by atoms with Crippen LogP contribution in [0.1, 0.15) is 35.4 Å². The molecule has 6 rings (SSSR count). The van der Waals surface area contributed by atoms with Gasteiger partial charge in [-0.05, 0) is 50.5 Å². The molecule has 0 bridgehead atoms. The van der Waals surface area contributed by atoms with Crippen molar-refractivity contribution in [3.63, 3.8) is 0 Å². The standard InChI is InChI=1S/C30H33N3O6/c1-18-28(29(35)31-2)20-6-5-19(13-24(20)38-18)39-23-7-10-32-22-15-26(25(36-3)14-21(22)23)37-12-4-11-33-16-27(34)30(17-33)8-9-30/h5-7,10,13-15,27,34H,4,8-9,11-12,16-17H2,1-3H3,(H,31,35). The van der Waals surface area contributed by atoms with Gasteiger partial charge in [-0.25, -0.2) is 0 Å². The molecule has 1 aliphatic carbocycles. The highest BCUT2D eigenvalue weighted by atomic mass is 16.5. The van der Waals surface area contributed by atoms with Crippen molar-refractivity contribution >= 4 is 27.8 Å². The number of likely N-dealkylation sites (tertiary alicyclic amines) is 1. The summed E-state index contributed by atoms with van der Waals surface area (Å²) in [5.74, 6) is 2.78. The number of aromatic nitrogens is 1. The Bertz CT molecular complexity index is 1540. The van der Waals surface area contributed by atoms with Crippen molar-refractivity contribution in [3.8, 4) is 23.0 Å². The number of furan rings is 1. The number of fused-ring (bicyclic) bond motifs is 2. The Morgan fingerprint density at radius 1 is 1.18 bits per heavy atom. The molecular weight excluding hydrogens is 498 g/mol. The highest BCUT2D eigenvalue weighted by molar-refractivity contribution is 6.07. The number of rotatable bonds is 9. The molecule has 3 heterocycles. The van der Waals surface area contributed by atoms with Crippen molar-refractivity contribution in [1.29, 1.82) is 0 Å². The van der Waals surface area contributed by atoms with Gasteiger partial charge in [-0.1, -0.05) is 0 Å². The zero-order chi connectivity index (χ0) is 27.1. The first kappa shape index (κ1) is 25.5. The first-order valence-corrected chi connectivity index (χ1v) is 13.3. The van der Waals surface area contributed by atoms with Crippen LogP contribution in [0.5, 0.6) is 23.0 Å².